The maximum absolute atomic E-state index is 12.2. The molecule has 1 rings (SSSR count). The molecule has 0 heterocycles. The predicted molar refractivity (Wildman–Crippen MR) is 80.2 cm³/mol. The second-order valence-electron chi connectivity index (χ2n) is 4.66. The highest BCUT2D eigenvalue weighted by atomic mass is 32.2. The van der Waals surface area contributed by atoms with Gasteiger partial charge >= 0.3 is 0 Å². The van der Waals surface area contributed by atoms with E-state index in [-0.39, 0.29) is 4.90 Å². The lowest BCUT2D eigenvalue weighted by Gasteiger charge is -2.16. The number of hydrogen-bond donors (Lipinski definition) is 2. The Morgan fingerprint density at radius 3 is 2.70 bits per heavy atom. The molecule has 0 spiro atoms. The van der Waals surface area contributed by atoms with Crippen LogP contribution in [0.2, 0.25) is 0 Å². The van der Waals surface area contributed by atoms with Gasteiger partial charge in [-0.3, -0.25) is 0 Å². The fraction of sp³-hybridized carbons (Fsp3) is 0.538. The smallest absolute Gasteiger partial charge is 0.240 e. The van der Waals surface area contributed by atoms with Crippen LogP contribution in [0.1, 0.15) is 5.56 Å². The molecule has 0 unspecified atom stereocenters. The van der Waals surface area contributed by atoms with E-state index in [1.54, 1.807) is 32.2 Å². The third-order valence-corrected chi connectivity index (χ3v) is 4.68. The van der Waals surface area contributed by atoms with Crippen molar-refractivity contribution in [2.45, 2.75) is 11.8 Å². The molecule has 0 atom stereocenters. The highest BCUT2D eigenvalue weighted by Gasteiger charge is 2.17. The van der Waals surface area contributed by atoms with Gasteiger partial charge in [-0.05, 0) is 31.7 Å². The van der Waals surface area contributed by atoms with Crippen molar-refractivity contribution in [1.82, 2.24) is 9.62 Å². The number of benzene rings is 1. The first-order valence-electron chi connectivity index (χ1n) is 6.40. The van der Waals surface area contributed by atoms with E-state index >= 15 is 0 Å². The zero-order valence-electron chi connectivity index (χ0n) is 12.2. The molecule has 0 aromatic heterocycles. The van der Waals surface area contributed by atoms with Gasteiger partial charge in [0.05, 0.1) is 11.5 Å². The first-order chi connectivity index (χ1) is 9.38. The lowest BCUT2D eigenvalue weighted by Crippen LogP contribution is -2.34. The summed E-state index contributed by atoms with van der Waals surface area (Å²) < 4.78 is 31.9. The Morgan fingerprint density at radius 2 is 2.05 bits per heavy atom. The van der Waals surface area contributed by atoms with Gasteiger partial charge in [-0.15, -0.1) is 0 Å². The average molecular weight is 301 g/mol. The molecule has 0 aliphatic carbocycles. The van der Waals surface area contributed by atoms with Gasteiger partial charge in [-0.2, -0.15) is 0 Å². The number of nitrogens with zero attached hydrogens (tertiary/aromatic N) is 1. The third-order valence-electron chi connectivity index (χ3n) is 3.08. The molecule has 20 heavy (non-hydrogen) atoms. The van der Waals surface area contributed by atoms with E-state index in [2.05, 4.69) is 4.72 Å². The molecular formula is C13H23N3O3S. The monoisotopic (exact) mass is 301 g/mol. The minimum absolute atomic E-state index is 0.233. The van der Waals surface area contributed by atoms with Crippen LogP contribution in [0.4, 0.5) is 5.69 Å². The molecule has 0 saturated carbocycles. The number of nitrogens with two attached hydrogens (primary N) is 1. The summed E-state index contributed by atoms with van der Waals surface area (Å²) in [6.45, 7) is 4.04. The minimum Gasteiger partial charge on any atom is -0.398 e. The van der Waals surface area contributed by atoms with Crippen molar-refractivity contribution in [3.8, 4) is 0 Å². The quantitative estimate of drug-likeness (QED) is 0.680. The largest absolute Gasteiger partial charge is 0.398 e. The Bertz CT molecular complexity index is 532. The number of nitrogens with one attached hydrogen (secondary N) is 1. The summed E-state index contributed by atoms with van der Waals surface area (Å²) >= 11 is 0. The van der Waals surface area contributed by atoms with E-state index < -0.39 is 10.0 Å². The van der Waals surface area contributed by atoms with E-state index in [9.17, 15) is 8.42 Å². The van der Waals surface area contributed by atoms with E-state index in [0.717, 1.165) is 6.54 Å². The van der Waals surface area contributed by atoms with Gasteiger partial charge in [0.1, 0.15) is 0 Å². The summed E-state index contributed by atoms with van der Waals surface area (Å²) in [4.78, 5) is 2.23. The number of sulfonamides is 1. The topological polar surface area (TPSA) is 84.7 Å². The van der Waals surface area contributed by atoms with Crippen molar-refractivity contribution in [2.24, 2.45) is 0 Å². The van der Waals surface area contributed by atoms with E-state index in [0.29, 0.717) is 30.9 Å². The molecule has 3 N–H and O–H groups in total. The van der Waals surface area contributed by atoms with Crippen LogP contribution in [0, 0.1) is 6.92 Å². The summed E-state index contributed by atoms with van der Waals surface area (Å²) in [6.07, 6.45) is 0. The molecule has 0 bridgehead atoms. The second kappa shape index (κ2) is 7.58. The highest BCUT2D eigenvalue weighted by Crippen LogP contribution is 2.19. The standard InChI is InChI=1S/C13H23N3O3S/c1-11-12(14)5-4-6-13(11)20(17,18)15-7-8-16(2)9-10-19-3/h4-6,15H,7-10,14H2,1-3H3. The maximum Gasteiger partial charge on any atom is 0.240 e. The summed E-state index contributed by atoms with van der Waals surface area (Å²) in [6, 6.07) is 4.89. The summed E-state index contributed by atoms with van der Waals surface area (Å²) in [5.41, 5.74) is 6.79. The van der Waals surface area contributed by atoms with Crippen molar-refractivity contribution >= 4 is 15.7 Å². The van der Waals surface area contributed by atoms with Crippen LogP contribution in [0.15, 0.2) is 23.1 Å². The fourth-order valence-electron chi connectivity index (χ4n) is 1.73. The number of nitrogen functional groups attached to an aromatic ring is 1. The van der Waals surface area contributed by atoms with Crippen LogP contribution in [-0.4, -0.2) is 53.7 Å². The molecule has 0 fully saturated rings. The molecule has 1 aromatic carbocycles. The van der Waals surface area contributed by atoms with E-state index in [1.807, 2.05) is 11.9 Å². The Morgan fingerprint density at radius 1 is 1.35 bits per heavy atom. The molecule has 0 aliphatic heterocycles. The van der Waals surface area contributed by atoms with Crippen LogP contribution in [0.25, 0.3) is 0 Å². The minimum atomic E-state index is -3.52. The van der Waals surface area contributed by atoms with Crippen molar-refractivity contribution in [3.05, 3.63) is 23.8 Å². The first kappa shape index (κ1) is 16.9. The molecule has 1 aromatic rings. The summed E-state index contributed by atoms with van der Waals surface area (Å²) in [5, 5.41) is 0. The summed E-state index contributed by atoms with van der Waals surface area (Å²) in [5.74, 6) is 0. The normalized spacial score (nSPS) is 12.0. The average Bonchev–Trinajstić information content (AvgIpc) is 2.39. The first-order valence-corrected chi connectivity index (χ1v) is 7.89. The summed E-state index contributed by atoms with van der Waals surface area (Å²) in [7, 11) is 0.0362. The Balaban J connectivity index is 2.60. The van der Waals surface area contributed by atoms with Gasteiger partial charge in [0, 0.05) is 32.4 Å². The number of rotatable bonds is 8. The fourth-order valence-corrected chi connectivity index (χ4v) is 3.02. The number of hydrogen-bond acceptors (Lipinski definition) is 5. The predicted octanol–water partition coefficient (Wildman–Crippen LogP) is 0.434. The van der Waals surface area contributed by atoms with Crippen LogP contribution in [-0.2, 0) is 14.8 Å². The van der Waals surface area contributed by atoms with Crippen LogP contribution >= 0.6 is 0 Å². The number of methoxy groups -OCH3 is 1. The van der Waals surface area contributed by atoms with Crippen molar-refractivity contribution in [3.63, 3.8) is 0 Å². The van der Waals surface area contributed by atoms with Gasteiger partial charge in [0.25, 0.3) is 0 Å². The van der Waals surface area contributed by atoms with Crippen molar-refractivity contribution in [1.29, 1.82) is 0 Å². The number of likely N-dealkylation sites (N-methyl/N-ethyl adjacent to an activating group) is 1. The molecule has 0 saturated heterocycles. The van der Waals surface area contributed by atoms with E-state index in [1.165, 1.54) is 0 Å². The molecule has 7 heteroatoms. The second-order valence-corrected chi connectivity index (χ2v) is 6.40. The van der Waals surface area contributed by atoms with Gasteiger partial charge < -0.3 is 15.4 Å². The Kier molecular flexibility index (Phi) is 6.41. The lowest BCUT2D eigenvalue weighted by atomic mass is 10.2. The van der Waals surface area contributed by atoms with E-state index in [4.69, 9.17) is 10.5 Å². The van der Waals surface area contributed by atoms with Gasteiger partial charge in [0.15, 0.2) is 0 Å². The third kappa shape index (κ3) is 4.75. The zero-order chi connectivity index (χ0) is 15.2. The molecule has 114 valence electrons. The zero-order valence-corrected chi connectivity index (χ0v) is 13.0. The molecule has 6 nitrogen and oxygen atoms in total. The Hall–Kier alpha value is -1.15. The lowest BCUT2D eigenvalue weighted by molar-refractivity contribution is 0.162. The Labute approximate surface area is 121 Å². The van der Waals surface area contributed by atoms with Gasteiger partial charge in [-0.1, -0.05) is 6.07 Å². The van der Waals surface area contributed by atoms with Crippen LogP contribution in [0.3, 0.4) is 0 Å². The van der Waals surface area contributed by atoms with Crippen molar-refractivity contribution in [2.75, 3.05) is 46.1 Å². The molecule has 0 aliphatic rings. The van der Waals surface area contributed by atoms with Gasteiger partial charge in [0.2, 0.25) is 10.0 Å². The molecular weight excluding hydrogens is 278 g/mol. The van der Waals surface area contributed by atoms with Gasteiger partial charge in [-0.25, -0.2) is 13.1 Å². The van der Waals surface area contributed by atoms with Crippen molar-refractivity contribution < 1.29 is 13.2 Å². The number of ether oxygens (including phenoxy) is 1. The SMILES string of the molecule is COCCN(C)CCNS(=O)(=O)c1cccc(N)c1C. The molecule has 0 amide bonds. The highest BCUT2D eigenvalue weighted by molar-refractivity contribution is 7.89. The maximum atomic E-state index is 12.2. The van der Waals surface area contributed by atoms with Crippen LogP contribution < -0.4 is 10.5 Å². The molecule has 0 radical (unpaired) electrons. The van der Waals surface area contributed by atoms with Crippen LogP contribution in [0.5, 0.6) is 0 Å². The number of anilines is 1.